The quantitative estimate of drug-likeness (QED) is 0.393. The third-order valence-electron chi connectivity index (χ3n) is 6.21. The summed E-state index contributed by atoms with van der Waals surface area (Å²) in [5.74, 6) is 0.0911. The highest BCUT2D eigenvalue weighted by molar-refractivity contribution is 7.14. The number of carbonyl (C=O) groups is 1. The second-order valence-corrected chi connectivity index (χ2v) is 9.72. The zero-order valence-corrected chi connectivity index (χ0v) is 20.2. The van der Waals surface area contributed by atoms with Crippen LogP contribution in [0.15, 0.2) is 42.3 Å². The van der Waals surface area contributed by atoms with E-state index in [1.165, 1.54) is 23.5 Å². The Balaban J connectivity index is 1.19. The molecule has 5 heterocycles. The molecule has 1 unspecified atom stereocenters. The molecule has 1 aliphatic rings. The van der Waals surface area contributed by atoms with Crippen LogP contribution in [0.1, 0.15) is 6.92 Å². The number of pyridine rings is 1. The van der Waals surface area contributed by atoms with Crippen LogP contribution in [0.4, 0.5) is 9.39 Å². The van der Waals surface area contributed by atoms with Crippen LogP contribution in [-0.4, -0.2) is 66.0 Å². The normalized spacial score (nSPS) is 16.5. The molecule has 0 spiro atoms. The molecule has 178 valence electrons. The molecule has 5 aromatic rings. The fourth-order valence-corrected chi connectivity index (χ4v) is 5.50. The summed E-state index contributed by atoms with van der Waals surface area (Å²) in [6, 6.07) is 6.55. The largest absolute Gasteiger partial charge is 0.358 e. The van der Waals surface area contributed by atoms with Crippen LogP contribution in [0.5, 0.6) is 0 Å². The van der Waals surface area contributed by atoms with Gasteiger partial charge in [0.15, 0.2) is 11.5 Å². The van der Waals surface area contributed by atoms with Gasteiger partial charge in [-0.15, -0.1) is 11.3 Å². The number of halogens is 2. The molecule has 0 bridgehead atoms. The first kappa shape index (κ1) is 21.9. The number of hydrogen-bond acceptors (Lipinski definition) is 7. The molecule has 1 aliphatic heterocycles. The minimum Gasteiger partial charge on any atom is -0.358 e. The van der Waals surface area contributed by atoms with Crippen molar-refractivity contribution in [1.29, 1.82) is 0 Å². The Hall–Kier alpha value is -3.57. The summed E-state index contributed by atoms with van der Waals surface area (Å²) in [6.45, 7) is 4.14. The number of thiazole rings is 1. The predicted molar refractivity (Wildman–Crippen MR) is 133 cm³/mol. The van der Waals surface area contributed by atoms with Crippen molar-refractivity contribution in [3.63, 3.8) is 0 Å². The topological polar surface area (TPSA) is 95.8 Å². The number of nitrogens with zero attached hydrogens (tertiary/aromatic N) is 7. The van der Waals surface area contributed by atoms with Crippen LogP contribution in [0.25, 0.3) is 33.7 Å². The fourth-order valence-electron chi connectivity index (χ4n) is 4.51. The van der Waals surface area contributed by atoms with Crippen molar-refractivity contribution in [2.45, 2.75) is 19.5 Å². The SMILES string of the molecule is CC1CN(c2scnc2-c2nc3cc(Cl)c(F)cc3[nH]2)CCN1C(=O)Cn1cnc2cccnc21. The number of hydrogen-bond donors (Lipinski definition) is 1. The van der Waals surface area contributed by atoms with Gasteiger partial charge >= 0.3 is 0 Å². The third kappa shape index (κ3) is 3.90. The van der Waals surface area contributed by atoms with Crippen LogP contribution in [0.2, 0.25) is 5.02 Å². The van der Waals surface area contributed by atoms with Crippen LogP contribution < -0.4 is 4.90 Å². The number of rotatable bonds is 4. The van der Waals surface area contributed by atoms with Gasteiger partial charge in [-0.3, -0.25) is 4.79 Å². The Kier molecular flexibility index (Phi) is 5.37. The highest BCUT2D eigenvalue weighted by Crippen LogP contribution is 2.35. The maximum Gasteiger partial charge on any atom is 0.242 e. The van der Waals surface area contributed by atoms with E-state index in [4.69, 9.17) is 11.6 Å². The molecule has 1 aromatic carbocycles. The van der Waals surface area contributed by atoms with Crippen molar-refractivity contribution in [3.05, 3.63) is 53.1 Å². The van der Waals surface area contributed by atoms with E-state index in [0.29, 0.717) is 47.8 Å². The van der Waals surface area contributed by atoms with Crippen molar-refractivity contribution < 1.29 is 9.18 Å². The van der Waals surface area contributed by atoms with E-state index in [-0.39, 0.29) is 23.5 Å². The van der Waals surface area contributed by atoms with Gasteiger partial charge < -0.3 is 19.4 Å². The minimum absolute atomic E-state index is 0.00230. The molecule has 1 amide bonds. The number of H-pyrrole nitrogens is 1. The van der Waals surface area contributed by atoms with E-state index in [9.17, 15) is 9.18 Å². The minimum atomic E-state index is -0.498. The van der Waals surface area contributed by atoms with Crippen molar-refractivity contribution >= 4 is 56.0 Å². The molecule has 1 atom stereocenters. The third-order valence-corrected chi connectivity index (χ3v) is 7.39. The average molecular weight is 511 g/mol. The number of aromatic amines is 1. The van der Waals surface area contributed by atoms with Gasteiger partial charge in [-0.05, 0) is 25.1 Å². The smallest absolute Gasteiger partial charge is 0.242 e. The highest BCUT2D eigenvalue weighted by atomic mass is 35.5. The first-order valence-corrected chi connectivity index (χ1v) is 12.3. The van der Waals surface area contributed by atoms with Crippen molar-refractivity contribution in [1.82, 2.24) is 34.4 Å². The van der Waals surface area contributed by atoms with Crippen LogP contribution in [0, 0.1) is 5.82 Å². The van der Waals surface area contributed by atoms with E-state index in [1.54, 1.807) is 22.6 Å². The van der Waals surface area contributed by atoms with Gasteiger partial charge in [-0.1, -0.05) is 11.6 Å². The summed E-state index contributed by atoms with van der Waals surface area (Å²) in [5.41, 5.74) is 5.08. The van der Waals surface area contributed by atoms with E-state index in [2.05, 4.69) is 29.8 Å². The Bertz CT molecular complexity index is 1520. The Morgan fingerprint density at radius 3 is 3.00 bits per heavy atom. The molecule has 1 N–H and O–H groups in total. The van der Waals surface area contributed by atoms with Crippen LogP contribution in [-0.2, 0) is 11.3 Å². The molecule has 12 heteroatoms. The molecule has 1 saturated heterocycles. The maximum absolute atomic E-state index is 13.9. The van der Waals surface area contributed by atoms with Crippen molar-refractivity contribution in [2.24, 2.45) is 0 Å². The number of nitrogens with one attached hydrogen (secondary N) is 1. The van der Waals surface area contributed by atoms with Gasteiger partial charge in [0.25, 0.3) is 0 Å². The number of amides is 1. The monoisotopic (exact) mass is 510 g/mol. The number of carbonyl (C=O) groups excluding carboxylic acids is 1. The summed E-state index contributed by atoms with van der Waals surface area (Å²) >= 11 is 7.43. The molecular weight excluding hydrogens is 491 g/mol. The highest BCUT2D eigenvalue weighted by Gasteiger charge is 2.30. The first-order chi connectivity index (χ1) is 17.0. The summed E-state index contributed by atoms with van der Waals surface area (Å²) in [6.07, 6.45) is 3.36. The first-order valence-electron chi connectivity index (χ1n) is 11.1. The van der Waals surface area contributed by atoms with Gasteiger partial charge in [0.1, 0.15) is 28.6 Å². The number of aromatic nitrogens is 6. The molecule has 9 nitrogen and oxygen atoms in total. The standard InChI is InChI=1S/C23H20ClFN8OS/c1-13-9-31(5-6-33(13)19(34)10-32-11-27-16-3-2-4-26-22(16)32)23-20(28-12-35-23)21-29-17-7-14(24)15(25)8-18(17)30-21/h2-4,7-8,11-13H,5-6,9-10H2,1H3,(H,29,30). The second-order valence-electron chi connectivity index (χ2n) is 8.48. The lowest BCUT2D eigenvalue weighted by atomic mass is 10.2. The van der Waals surface area contributed by atoms with Crippen LogP contribution >= 0.6 is 22.9 Å². The number of imidazole rings is 2. The molecular formula is C23H20ClFN8OS. The Labute approximate surface area is 208 Å². The zero-order valence-electron chi connectivity index (χ0n) is 18.7. The zero-order chi connectivity index (χ0) is 24.1. The lowest BCUT2D eigenvalue weighted by Crippen LogP contribution is -2.54. The second kappa shape index (κ2) is 8.58. The summed E-state index contributed by atoms with van der Waals surface area (Å²) < 4.78 is 15.7. The van der Waals surface area contributed by atoms with Gasteiger partial charge in [0.05, 0.1) is 27.9 Å². The lowest BCUT2D eigenvalue weighted by molar-refractivity contribution is -0.134. The predicted octanol–water partition coefficient (Wildman–Crippen LogP) is 3.96. The molecule has 1 fully saturated rings. The molecule has 35 heavy (non-hydrogen) atoms. The number of benzene rings is 1. The number of piperazine rings is 1. The van der Waals surface area contributed by atoms with Crippen LogP contribution in [0.3, 0.4) is 0 Å². The van der Waals surface area contributed by atoms with E-state index in [0.717, 1.165) is 10.5 Å². The van der Waals surface area contributed by atoms with Gasteiger partial charge in [0.2, 0.25) is 5.91 Å². The molecule has 4 aromatic heterocycles. The molecule has 0 aliphatic carbocycles. The van der Waals surface area contributed by atoms with E-state index in [1.807, 2.05) is 24.0 Å². The summed E-state index contributed by atoms with van der Waals surface area (Å²) in [5, 5.41) is 0.988. The van der Waals surface area contributed by atoms with Crippen molar-refractivity contribution in [2.75, 3.05) is 24.5 Å². The lowest BCUT2D eigenvalue weighted by Gasteiger charge is -2.40. The molecule has 6 rings (SSSR count). The van der Waals surface area contributed by atoms with E-state index >= 15 is 0 Å². The molecule has 0 saturated carbocycles. The fraction of sp³-hybridized carbons (Fsp3) is 0.261. The Morgan fingerprint density at radius 1 is 1.26 bits per heavy atom. The average Bonchev–Trinajstić information content (AvgIpc) is 3.58. The summed E-state index contributed by atoms with van der Waals surface area (Å²) in [7, 11) is 0. The van der Waals surface area contributed by atoms with Gasteiger partial charge in [-0.25, -0.2) is 24.3 Å². The molecule has 0 radical (unpaired) electrons. The van der Waals surface area contributed by atoms with E-state index < -0.39 is 5.82 Å². The number of anilines is 1. The number of fused-ring (bicyclic) bond motifs is 2. The summed E-state index contributed by atoms with van der Waals surface area (Å²) in [4.78, 5) is 38.2. The van der Waals surface area contributed by atoms with Gasteiger partial charge in [0, 0.05) is 37.9 Å². The maximum atomic E-state index is 13.9. The Morgan fingerprint density at radius 2 is 2.14 bits per heavy atom. The van der Waals surface area contributed by atoms with Gasteiger partial charge in [-0.2, -0.15) is 0 Å². The van der Waals surface area contributed by atoms with Crippen molar-refractivity contribution in [3.8, 4) is 11.5 Å².